The van der Waals surface area contributed by atoms with Crippen molar-refractivity contribution in [2.75, 3.05) is 26.7 Å². The van der Waals surface area contributed by atoms with E-state index in [2.05, 4.69) is 10.0 Å². The van der Waals surface area contributed by atoms with E-state index in [9.17, 15) is 8.42 Å². The highest BCUT2D eigenvalue weighted by Gasteiger charge is 2.47. The number of nitrogens with zero attached hydrogens (tertiary/aromatic N) is 1. The SMILES string of the molecule is CN1C2(CCCNC2)CNS1(=O)=O. The highest BCUT2D eigenvalue weighted by molar-refractivity contribution is 7.87. The number of piperidine rings is 1. The van der Waals surface area contributed by atoms with Gasteiger partial charge in [0.05, 0.1) is 5.54 Å². The first kappa shape index (κ1) is 9.39. The smallest absolute Gasteiger partial charge is 0.279 e. The van der Waals surface area contributed by atoms with Gasteiger partial charge in [-0.3, -0.25) is 0 Å². The van der Waals surface area contributed by atoms with Crippen LogP contribution in [0.1, 0.15) is 12.8 Å². The van der Waals surface area contributed by atoms with Gasteiger partial charge in [-0.15, -0.1) is 0 Å². The molecule has 5 nitrogen and oxygen atoms in total. The first-order valence-corrected chi connectivity index (χ1v) is 5.95. The second-order valence-electron chi connectivity index (χ2n) is 3.80. The summed E-state index contributed by atoms with van der Waals surface area (Å²) in [5, 5.41) is 3.24. The third-order valence-electron chi connectivity index (χ3n) is 3.06. The predicted octanol–water partition coefficient (Wildman–Crippen LogP) is -1.11. The maximum Gasteiger partial charge on any atom is 0.279 e. The minimum absolute atomic E-state index is 0.211. The van der Waals surface area contributed by atoms with E-state index in [1.54, 1.807) is 7.05 Å². The Labute approximate surface area is 78.7 Å². The fourth-order valence-electron chi connectivity index (χ4n) is 2.06. The van der Waals surface area contributed by atoms with Gasteiger partial charge in [-0.1, -0.05) is 0 Å². The molecule has 0 bridgehead atoms. The van der Waals surface area contributed by atoms with Crippen molar-refractivity contribution in [3.05, 3.63) is 0 Å². The zero-order valence-electron chi connectivity index (χ0n) is 7.71. The molecule has 0 radical (unpaired) electrons. The molecule has 76 valence electrons. The van der Waals surface area contributed by atoms with Crippen LogP contribution in [0.4, 0.5) is 0 Å². The highest BCUT2D eigenvalue weighted by Crippen LogP contribution is 2.28. The summed E-state index contributed by atoms with van der Waals surface area (Å²) in [6, 6.07) is 0. The van der Waals surface area contributed by atoms with Crippen LogP contribution in [-0.4, -0.2) is 44.9 Å². The van der Waals surface area contributed by atoms with E-state index in [1.165, 1.54) is 4.31 Å². The molecule has 2 saturated heterocycles. The van der Waals surface area contributed by atoms with Crippen LogP contribution in [-0.2, 0) is 10.2 Å². The van der Waals surface area contributed by atoms with Gasteiger partial charge in [0.25, 0.3) is 10.2 Å². The van der Waals surface area contributed by atoms with Crippen LogP contribution >= 0.6 is 0 Å². The lowest BCUT2D eigenvalue weighted by molar-refractivity contribution is 0.194. The standard InChI is InChI=1S/C7H15N3O2S/c1-10-7(3-2-4-8-5-7)6-9-13(10,11)12/h8-9H,2-6H2,1H3. The lowest BCUT2D eigenvalue weighted by Crippen LogP contribution is -2.55. The van der Waals surface area contributed by atoms with E-state index in [4.69, 9.17) is 0 Å². The van der Waals surface area contributed by atoms with Crippen molar-refractivity contribution in [3.63, 3.8) is 0 Å². The number of likely N-dealkylation sites (N-methyl/N-ethyl adjacent to an activating group) is 1. The Bertz CT molecular complexity index is 295. The van der Waals surface area contributed by atoms with E-state index in [0.29, 0.717) is 6.54 Å². The van der Waals surface area contributed by atoms with Crippen LogP contribution in [0.25, 0.3) is 0 Å². The minimum Gasteiger partial charge on any atom is -0.315 e. The molecule has 6 heteroatoms. The van der Waals surface area contributed by atoms with Crippen LogP contribution in [0.3, 0.4) is 0 Å². The molecule has 0 aromatic heterocycles. The maximum absolute atomic E-state index is 11.4. The summed E-state index contributed by atoms with van der Waals surface area (Å²) >= 11 is 0. The van der Waals surface area contributed by atoms with Gasteiger partial charge in [0.1, 0.15) is 0 Å². The molecule has 2 aliphatic heterocycles. The van der Waals surface area contributed by atoms with E-state index < -0.39 is 10.2 Å². The number of rotatable bonds is 0. The average Bonchev–Trinajstić information content (AvgIpc) is 2.33. The average molecular weight is 205 g/mol. The molecule has 0 aliphatic carbocycles. The van der Waals surface area contributed by atoms with Gasteiger partial charge in [0.15, 0.2) is 0 Å². The summed E-state index contributed by atoms with van der Waals surface area (Å²) in [4.78, 5) is 0. The van der Waals surface area contributed by atoms with E-state index in [-0.39, 0.29) is 5.54 Å². The molecule has 2 aliphatic rings. The van der Waals surface area contributed by atoms with Gasteiger partial charge >= 0.3 is 0 Å². The van der Waals surface area contributed by atoms with E-state index in [1.807, 2.05) is 0 Å². The zero-order chi connectivity index (χ0) is 9.53. The molecule has 0 aromatic carbocycles. The van der Waals surface area contributed by atoms with Crippen molar-refractivity contribution in [3.8, 4) is 0 Å². The van der Waals surface area contributed by atoms with Crippen molar-refractivity contribution >= 4 is 10.2 Å². The van der Waals surface area contributed by atoms with Crippen molar-refractivity contribution in [2.24, 2.45) is 0 Å². The number of hydrogen-bond donors (Lipinski definition) is 2. The topological polar surface area (TPSA) is 61.4 Å². The summed E-state index contributed by atoms with van der Waals surface area (Å²) < 4.78 is 26.9. The molecule has 1 unspecified atom stereocenters. The second kappa shape index (κ2) is 2.91. The Morgan fingerprint density at radius 3 is 2.62 bits per heavy atom. The Kier molecular flexibility index (Phi) is 2.10. The molecule has 0 saturated carbocycles. The van der Waals surface area contributed by atoms with Gasteiger partial charge in [-0.25, -0.2) is 4.72 Å². The number of hydrogen-bond acceptors (Lipinski definition) is 3. The first-order valence-electron chi connectivity index (χ1n) is 4.51. The first-order chi connectivity index (χ1) is 6.07. The molecule has 1 spiro atoms. The molecular formula is C7H15N3O2S. The van der Waals surface area contributed by atoms with Gasteiger partial charge in [0.2, 0.25) is 0 Å². The quantitative estimate of drug-likeness (QED) is 0.527. The third-order valence-corrected chi connectivity index (χ3v) is 4.68. The Morgan fingerprint density at radius 1 is 1.38 bits per heavy atom. The molecular weight excluding hydrogens is 190 g/mol. The monoisotopic (exact) mass is 205 g/mol. The highest BCUT2D eigenvalue weighted by atomic mass is 32.2. The summed E-state index contributed by atoms with van der Waals surface area (Å²) in [7, 11) is -1.53. The van der Waals surface area contributed by atoms with Gasteiger partial charge in [-0.05, 0) is 19.4 Å². The molecule has 2 heterocycles. The lowest BCUT2D eigenvalue weighted by atomic mass is 9.90. The van der Waals surface area contributed by atoms with Crippen LogP contribution in [0.2, 0.25) is 0 Å². The van der Waals surface area contributed by atoms with Gasteiger partial charge in [0, 0.05) is 20.1 Å². The Hall–Kier alpha value is -0.170. The van der Waals surface area contributed by atoms with Crippen molar-refractivity contribution in [2.45, 2.75) is 18.4 Å². The molecule has 13 heavy (non-hydrogen) atoms. The maximum atomic E-state index is 11.4. The minimum atomic E-state index is -3.19. The van der Waals surface area contributed by atoms with Crippen LogP contribution in [0.5, 0.6) is 0 Å². The van der Waals surface area contributed by atoms with Gasteiger partial charge in [-0.2, -0.15) is 12.7 Å². The summed E-state index contributed by atoms with van der Waals surface area (Å²) in [6.45, 7) is 2.30. The van der Waals surface area contributed by atoms with E-state index in [0.717, 1.165) is 25.9 Å². The zero-order valence-corrected chi connectivity index (χ0v) is 8.52. The normalized spacial score (nSPS) is 39.8. The number of nitrogens with one attached hydrogen (secondary N) is 2. The van der Waals surface area contributed by atoms with Crippen molar-refractivity contribution in [1.29, 1.82) is 0 Å². The van der Waals surface area contributed by atoms with Crippen LogP contribution in [0.15, 0.2) is 0 Å². The molecule has 1 atom stereocenters. The summed E-state index contributed by atoms with van der Waals surface area (Å²) in [5.41, 5.74) is -0.211. The second-order valence-corrected chi connectivity index (χ2v) is 5.58. The predicted molar refractivity (Wildman–Crippen MR) is 49.5 cm³/mol. The fourth-order valence-corrected chi connectivity index (χ4v) is 3.44. The summed E-state index contributed by atoms with van der Waals surface area (Å²) in [5.74, 6) is 0. The Balaban J connectivity index is 2.25. The molecule has 0 aromatic rings. The van der Waals surface area contributed by atoms with Crippen LogP contribution in [0, 0.1) is 0 Å². The summed E-state index contributed by atoms with van der Waals surface area (Å²) in [6.07, 6.45) is 1.99. The fraction of sp³-hybridized carbons (Fsp3) is 1.00. The Morgan fingerprint density at radius 2 is 2.15 bits per heavy atom. The third kappa shape index (κ3) is 1.38. The lowest BCUT2D eigenvalue weighted by Gasteiger charge is -2.37. The largest absolute Gasteiger partial charge is 0.315 e. The van der Waals surface area contributed by atoms with Gasteiger partial charge < -0.3 is 5.32 Å². The van der Waals surface area contributed by atoms with Crippen LogP contribution < -0.4 is 10.0 Å². The molecule has 2 N–H and O–H groups in total. The molecule has 2 rings (SSSR count). The molecule has 2 fully saturated rings. The van der Waals surface area contributed by atoms with E-state index >= 15 is 0 Å². The molecule has 0 amide bonds. The van der Waals surface area contributed by atoms with Crippen molar-refractivity contribution in [1.82, 2.24) is 14.3 Å². The van der Waals surface area contributed by atoms with Crippen molar-refractivity contribution < 1.29 is 8.42 Å².